The van der Waals surface area contributed by atoms with Gasteiger partial charge in [-0.25, -0.2) is 16.8 Å². The summed E-state index contributed by atoms with van der Waals surface area (Å²) >= 11 is 0. The molecule has 1 aliphatic rings. The summed E-state index contributed by atoms with van der Waals surface area (Å²) in [5.41, 5.74) is 0. The minimum absolute atomic E-state index is 0.0234. The molecule has 0 aromatic rings. The van der Waals surface area contributed by atoms with Crippen LogP contribution < -0.4 is 10.6 Å². The van der Waals surface area contributed by atoms with Gasteiger partial charge in [0.1, 0.15) is 0 Å². The molecule has 6 nitrogen and oxygen atoms in total. The molecule has 2 atom stereocenters. The van der Waals surface area contributed by atoms with Crippen LogP contribution in [-0.4, -0.2) is 53.2 Å². The Kier molecular flexibility index (Phi) is 5.57. The highest BCUT2D eigenvalue weighted by molar-refractivity contribution is 7.90. The zero-order valence-corrected chi connectivity index (χ0v) is 12.5. The van der Waals surface area contributed by atoms with Gasteiger partial charge < -0.3 is 0 Å². The average Bonchev–Trinajstić information content (AvgIpc) is 2.22. The summed E-state index contributed by atoms with van der Waals surface area (Å²) in [6.07, 6.45) is 6.19. The second kappa shape index (κ2) is 6.31. The van der Waals surface area contributed by atoms with Gasteiger partial charge in [0.25, 0.3) is 0 Å². The Morgan fingerprint density at radius 1 is 0.833 bits per heavy atom. The van der Waals surface area contributed by atoms with Gasteiger partial charge in [0.15, 0.2) is 19.7 Å². The standard InChI is InChI=1S/C10H22N2O4S2/c1-17(13,14)7-11-9-5-3-4-6-10(9)12-8-18(2,15)16/h9-12H,3-8H2,1-2H3/t9-,10-/m1/s1. The number of sulfone groups is 2. The van der Waals surface area contributed by atoms with Crippen LogP contribution >= 0.6 is 0 Å². The van der Waals surface area contributed by atoms with Gasteiger partial charge in [0.05, 0.1) is 11.8 Å². The van der Waals surface area contributed by atoms with Crippen LogP contribution in [0.4, 0.5) is 0 Å². The van der Waals surface area contributed by atoms with Crippen molar-refractivity contribution in [3.05, 3.63) is 0 Å². The number of hydrogen-bond acceptors (Lipinski definition) is 6. The van der Waals surface area contributed by atoms with E-state index in [1.165, 1.54) is 12.5 Å². The Morgan fingerprint density at radius 2 is 1.17 bits per heavy atom. The van der Waals surface area contributed by atoms with Gasteiger partial charge in [-0.2, -0.15) is 0 Å². The molecule has 2 N–H and O–H groups in total. The highest BCUT2D eigenvalue weighted by Gasteiger charge is 2.25. The van der Waals surface area contributed by atoms with E-state index in [0.29, 0.717) is 0 Å². The van der Waals surface area contributed by atoms with Crippen molar-refractivity contribution in [2.45, 2.75) is 37.8 Å². The van der Waals surface area contributed by atoms with E-state index in [-0.39, 0.29) is 23.8 Å². The van der Waals surface area contributed by atoms with Crippen LogP contribution in [0.5, 0.6) is 0 Å². The lowest BCUT2D eigenvalue weighted by Crippen LogP contribution is -2.51. The quantitative estimate of drug-likeness (QED) is 0.685. The lowest BCUT2D eigenvalue weighted by Gasteiger charge is -2.32. The highest BCUT2D eigenvalue weighted by Crippen LogP contribution is 2.18. The van der Waals surface area contributed by atoms with Crippen molar-refractivity contribution >= 4 is 19.7 Å². The van der Waals surface area contributed by atoms with Gasteiger partial charge in [-0.3, -0.25) is 10.6 Å². The third kappa shape index (κ3) is 6.67. The van der Waals surface area contributed by atoms with Crippen molar-refractivity contribution < 1.29 is 16.8 Å². The molecule has 0 unspecified atom stereocenters. The molecule has 0 aromatic heterocycles. The molecule has 0 saturated heterocycles. The van der Waals surface area contributed by atoms with Crippen LogP contribution in [0.25, 0.3) is 0 Å². The van der Waals surface area contributed by atoms with Crippen LogP contribution in [0.3, 0.4) is 0 Å². The first-order valence-electron chi connectivity index (χ1n) is 5.99. The maximum atomic E-state index is 11.1. The third-order valence-electron chi connectivity index (χ3n) is 2.98. The maximum absolute atomic E-state index is 11.1. The van der Waals surface area contributed by atoms with Crippen molar-refractivity contribution in [1.82, 2.24) is 10.6 Å². The predicted octanol–water partition coefficient (Wildman–Crippen LogP) is -0.519. The third-order valence-corrected chi connectivity index (χ3v) is 4.36. The van der Waals surface area contributed by atoms with Crippen LogP contribution in [-0.2, 0) is 19.7 Å². The molecule has 1 rings (SSSR count). The summed E-state index contributed by atoms with van der Waals surface area (Å²) in [5.74, 6) is -0.122. The molecule has 0 bridgehead atoms. The van der Waals surface area contributed by atoms with Crippen molar-refractivity contribution in [3.8, 4) is 0 Å². The van der Waals surface area contributed by atoms with Gasteiger partial charge in [0.2, 0.25) is 0 Å². The van der Waals surface area contributed by atoms with E-state index >= 15 is 0 Å². The Hall–Kier alpha value is -0.180. The van der Waals surface area contributed by atoms with E-state index in [9.17, 15) is 16.8 Å². The highest BCUT2D eigenvalue weighted by atomic mass is 32.2. The number of rotatable bonds is 6. The van der Waals surface area contributed by atoms with Gasteiger partial charge in [-0.15, -0.1) is 0 Å². The molecule has 0 amide bonds. The number of nitrogens with one attached hydrogen (secondary N) is 2. The Balaban J connectivity index is 2.52. The fourth-order valence-corrected chi connectivity index (χ4v) is 3.17. The predicted molar refractivity (Wildman–Crippen MR) is 71.7 cm³/mol. The molecule has 8 heteroatoms. The molecule has 1 aliphatic carbocycles. The summed E-state index contributed by atoms with van der Waals surface area (Å²) in [6, 6.07) is 0.0467. The summed E-state index contributed by atoms with van der Waals surface area (Å²) in [4.78, 5) is 0. The minimum atomic E-state index is -3.05. The summed E-state index contributed by atoms with van der Waals surface area (Å²) in [5, 5.41) is 6.01. The molecule has 0 aromatic carbocycles. The zero-order valence-electron chi connectivity index (χ0n) is 10.8. The topological polar surface area (TPSA) is 92.3 Å². The lowest BCUT2D eigenvalue weighted by atomic mass is 9.91. The van der Waals surface area contributed by atoms with Crippen molar-refractivity contribution in [2.24, 2.45) is 0 Å². The Labute approximate surface area is 109 Å². The summed E-state index contributed by atoms with van der Waals surface area (Å²) in [7, 11) is -6.09. The number of hydrogen-bond donors (Lipinski definition) is 2. The SMILES string of the molecule is CS(=O)(=O)CN[C@@H]1CCCC[C@H]1NCS(C)(=O)=O. The molecular weight excluding hydrogens is 276 g/mol. The van der Waals surface area contributed by atoms with Gasteiger partial charge >= 0.3 is 0 Å². The fraction of sp³-hybridized carbons (Fsp3) is 1.00. The van der Waals surface area contributed by atoms with Gasteiger partial charge in [-0.1, -0.05) is 12.8 Å². The monoisotopic (exact) mass is 298 g/mol. The van der Waals surface area contributed by atoms with E-state index in [1.54, 1.807) is 0 Å². The molecule has 0 radical (unpaired) electrons. The Bertz CT molecular complexity index is 414. The minimum Gasteiger partial charge on any atom is -0.299 e. The van der Waals surface area contributed by atoms with E-state index in [4.69, 9.17) is 0 Å². The van der Waals surface area contributed by atoms with Crippen molar-refractivity contribution in [2.75, 3.05) is 24.3 Å². The van der Waals surface area contributed by atoms with E-state index in [2.05, 4.69) is 10.6 Å². The van der Waals surface area contributed by atoms with Crippen LogP contribution in [0.15, 0.2) is 0 Å². The molecule has 0 aliphatic heterocycles. The lowest BCUT2D eigenvalue weighted by molar-refractivity contribution is 0.301. The van der Waals surface area contributed by atoms with E-state index in [1.807, 2.05) is 0 Å². The summed E-state index contributed by atoms with van der Waals surface area (Å²) < 4.78 is 44.5. The molecule has 0 heterocycles. The first-order chi connectivity index (χ1) is 8.17. The Morgan fingerprint density at radius 3 is 1.44 bits per heavy atom. The smallest absolute Gasteiger partial charge is 0.160 e. The molecular formula is C10H22N2O4S2. The molecule has 1 fully saturated rings. The first kappa shape index (κ1) is 15.9. The van der Waals surface area contributed by atoms with Crippen molar-refractivity contribution in [1.29, 1.82) is 0 Å². The van der Waals surface area contributed by atoms with Crippen LogP contribution in [0, 0.1) is 0 Å². The zero-order chi connectivity index (χ0) is 13.8. The van der Waals surface area contributed by atoms with Gasteiger partial charge in [0, 0.05) is 24.6 Å². The second-order valence-corrected chi connectivity index (χ2v) is 9.33. The maximum Gasteiger partial charge on any atom is 0.160 e. The second-order valence-electron chi connectivity index (χ2n) is 5.05. The first-order valence-corrected chi connectivity index (χ1v) is 10.1. The van der Waals surface area contributed by atoms with E-state index < -0.39 is 19.7 Å². The van der Waals surface area contributed by atoms with Crippen LogP contribution in [0.1, 0.15) is 25.7 Å². The molecule has 18 heavy (non-hydrogen) atoms. The normalized spacial score (nSPS) is 26.1. The molecule has 1 saturated carbocycles. The summed E-state index contributed by atoms with van der Waals surface area (Å²) in [6.45, 7) is 0. The van der Waals surface area contributed by atoms with Crippen LogP contribution in [0.2, 0.25) is 0 Å². The van der Waals surface area contributed by atoms with E-state index in [0.717, 1.165) is 25.7 Å². The largest absolute Gasteiger partial charge is 0.299 e. The molecule has 108 valence electrons. The van der Waals surface area contributed by atoms with Crippen molar-refractivity contribution in [3.63, 3.8) is 0 Å². The van der Waals surface area contributed by atoms with Gasteiger partial charge in [-0.05, 0) is 12.8 Å². The average molecular weight is 298 g/mol. The molecule has 0 spiro atoms. The fourth-order valence-electron chi connectivity index (χ4n) is 2.14.